The maximum absolute atomic E-state index is 13.0. The molecule has 1 fully saturated rings. The molecule has 3 rings (SSSR count). The quantitative estimate of drug-likeness (QED) is 0.290. The van der Waals surface area contributed by atoms with E-state index in [4.69, 9.17) is 0 Å². The molecule has 2 N–H and O–H groups in total. The van der Waals surface area contributed by atoms with Gasteiger partial charge in [-0.1, -0.05) is 18.2 Å². The largest absolute Gasteiger partial charge is 0.356 e. The number of piperidine rings is 1. The molecule has 0 amide bonds. The summed E-state index contributed by atoms with van der Waals surface area (Å²) in [6, 6.07) is 11.6. The van der Waals surface area contributed by atoms with Gasteiger partial charge in [-0.2, -0.15) is 0 Å². The first kappa shape index (κ1) is 26.0. The van der Waals surface area contributed by atoms with Crippen molar-refractivity contribution in [2.45, 2.75) is 25.4 Å². The van der Waals surface area contributed by atoms with Crippen molar-refractivity contribution in [2.75, 3.05) is 47.3 Å². The summed E-state index contributed by atoms with van der Waals surface area (Å²) in [4.78, 5) is 10.6. The lowest BCUT2D eigenvalue weighted by Crippen LogP contribution is -2.46. The monoisotopic (exact) mass is 559 g/mol. The van der Waals surface area contributed by atoms with Crippen molar-refractivity contribution in [3.63, 3.8) is 0 Å². The lowest BCUT2D eigenvalue weighted by Gasteiger charge is -2.39. The second-order valence-electron chi connectivity index (χ2n) is 8.09. The smallest absolute Gasteiger partial charge is 0.191 e. The van der Waals surface area contributed by atoms with Crippen LogP contribution in [0.1, 0.15) is 29.3 Å². The van der Waals surface area contributed by atoms with Gasteiger partial charge in [-0.25, -0.2) is 4.39 Å². The Morgan fingerprint density at radius 2 is 2.03 bits per heavy atom. The number of guanidine groups is 1. The maximum atomic E-state index is 13.0. The summed E-state index contributed by atoms with van der Waals surface area (Å²) in [5.41, 5.74) is 1.11. The molecule has 0 radical (unpaired) electrons. The minimum Gasteiger partial charge on any atom is -0.356 e. The Morgan fingerprint density at radius 1 is 1.26 bits per heavy atom. The minimum absolute atomic E-state index is 0. The lowest BCUT2D eigenvalue weighted by molar-refractivity contribution is 0.125. The van der Waals surface area contributed by atoms with Gasteiger partial charge in [0, 0.05) is 44.1 Å². The normalized spacial score (nSPS) is 19.8. The second kappa shape index (κ2) is 13.3. The molecule has 2 atom stereocenters. The number of hydrogen-bond acceptors (Lipinski definition) is 4. The maximum Gasteiger partial charge on any atom is 0.191 e. The Labute approximate surface area is 207 Å². The van der Waals surface area contributed by atoms with Crippen LogP contribution in [-0.2, 0) is 6.54 Å². The van der Waals surface area contributed by atoms with Crippen molar-refractivity contribution in [1.82, 2.24) is 20.4 Å². The standard InChI is InChI=1S/C23H34FN5S.HI/c1-25-23(26-12-14-28(2)17-18-8-10-20(24)11-9-18)27-16-19-6-4-13-29(3)22(19)21-7-5-15-30-21;/h5,7-11,15,19,22H,4,6,12-14,16-17H2,1-3H3,(H2,25,26,27);1H. The van der Waals surface area contributed by atoms with Crippen LogP contribution in [0.5, 0.6) is 0 Å². The highest BCUT2D eigenvalue weighted by Crippen LogP contribution is 2.36. The van der Waals surface area contributed by atoms with Gasteiger partial charge in [0.15, 0.2) is 5.96 Å². The summed E-state index contributed by atoms with van der Waals surface area (Å²) in [7, 11) is 6.13. The highest BCUT2D eigenvalue weighted by molar-refractivity contribution is 14.0. The average molecular weight is 560 g/mol. The fourth-order valence-electron chi connectivity index (χ4n) is 4.18. The highest BCUT2D eigenvalue weighted by Gasteiger charge is 2.31. The summed E-state index contributed by atoms with van der Waals surface area (Å²) < 4.78 is 13.0. The van der Waals surface area contributed by atoms with Crippen LogP contribution in [0.25, 0.3) is 0 Å². The third-order valence-electron chi connectivity index (χ3n) is 5.75. The third kappa shape index (κ3) is 8.00. The van der Waals surface area contributed by atoms with Crippen LogP contribution in [0.2, 0.25) is 0 Å². The Balaban J connectivity index is 0.00000341. The summed E-state index contributed by atoms with van der Waals surface area (Å²) in [5.74, 6) is 1.23. The summed E-state index contributed by atoms with van der Waals surface area (Å²) >= 11 is 1.85. The fraction of sp³-hybridized carbons (Fsp3) is 0.522. The predicted octanol–water partition coefficient (Wildman–Crippen LogP) is 4.19. The number of hydrogen-bond donors (Lipinski definition) is 2. The Bertz CT molecular complexity index is 784. The number of halogens is 2. The summed E-state index contributed by atoms with van der Waals surface area (Å²) in [6.45, 7) is 4.55. The van der Waals surface area contributed by atoms with Gasteiger partial charge >= 0.3 is 0 Å². The summed E-state index contributed by atoms with van der Waals surface area (Å²) in [5, 5.41) is 9.13. The molecule has 0 aliphatic carbocycles. The van der Waals surface area contributed by atoms with Gasteiger partial charge in [-0.05, 0) is 68.5 Å². The molecule has 1 aliphatic rings. The van der Waals surface area contributed by atoms with E-state index in [0.717, 1.165) is 44.2 Å². The SMILES string of the molecule is CN=C(NCCN(C)Cc1ccc(F)cc1)NCC1CCCN(C)C1c1cccs1.I. The van der Waals surface area contributed by atoms with Crippen molar-refractivity contribution in [3.8, 4) is 0 Å². The van der Waals surface area contributed by atoms with Crippen LogP contribution in [0, 0.1) is 11.7 Å². The van der Waals surface area contributed by atoms with E-state index in [1.54, 1.807) is 0 Å². The molecule has 0 spiro atoms. The van der Waals surface area contributed by atoms with E-state index in [1.165, 1.54) is 29.9 Å². The number of likely N-dealkylation sites (tertiary alicyclic amines) is 1. The van der Waals surface area contributed by atoms with Crippen molar-refractivity contribution >= 4 is 41.3 Å². The molecule has 2 unspecified atom stereocenters. The number of likely N-dealkylation sites (N-methyl/N-ethyl adjacent to an activating group) is 1. The third-order valence-corrected chi connectivity index (χ3v) is 6.69. The van der Waals surface area contributed by atoms with Crippen LogP contribution in [0.15, 0.2) is 46.8 Å². The lowest BCUT2D eigenvalue weighted by atomic mass is 9.88. The van der Waals surface area contributed by atoms with Crippen LogP contribution < -0.4 is 10.6 Å². The molecule has 8 heteroatoms. The number of rotatable bonds is 8. The van der Waals surface area contributed by atoms with Gasteiger partial charge < -0.3 is 15.5 Å². The molecule has 1 aromatic heterocycles. The molecule has 1 aromatic carbocycles. The first-order valence-corrected chi connectivity index (χ1v) is 11.6. The Morgan fingerprint density at radius 3 is 2.71 bits per heavy atom. The second-order valence-corrected chi connectivity index (χ2v) is 9.07. The molecule has 172 valence electrons. The molecule has 1 saturated heterocycles. The van der Waals surface area contributed by atoms with E-state index >= 15 is 0 Å². The van der Waals surface area contributed by atoms with Crippen molar-refractivity contribution < 1.29 is 4.39 Å². The molecule has 0 saturated carbocycles. The molecule has 2 aromatic rings. The van der Waals surface area contributed by atoms with E-state index in [2.05, 4.69) is 57.0 Å². The predicted molar refractivity (Wildman–Crippen MR) is 140 cm³/mol. The molecule has 2 heterocycles. The minimum atomic E-state index is -0.191. The molecular formula is C23H35FIN5S. The van der Waals surface area contributed by atoms with Crippen LogP contribution in [-0.4, -0.2) is 63.1 Å². The van der Waals surface area contributed by atoms with E-state index in [0.29, 0.717) is 12.0 Å². The molecule has 31 heavy (non-hydrogen) atoms. The number of nitrogens with one attached hydrogen (secondary N) is 2. The zero-order chi connectivity index (χ0) is 21.3. The van der Waals surface area contributed by atoms with Gasteiger partial charge in [-0.15, -0.1) is 35.3 Å². The van der Waals surface area contributed by atoms with Crippen molar-refractivity contribution in [2.24, 2.45) is 10.9 Å². The van der Waals surface area contributed by atoms with E-state index in [9.17, 15) is 4.39 Å². The van der Waals surface area contributed by atoms with E-state index in [1.807, 2.05) is 30.5 Å². The first-order chi connectivity index (χ1) is 14.6. The Hall–Kier alpha value is -1.23. The fourth-order valence-corrected chi connectivity index (χ4v) is 5.16. The van der Waals surface area contributed by atoms with Crippen LogP contribution in [0.3, 0.4) is 0 Å². The van der Waals surface area contributed by atoms with E-state index in [-0.39, 0.29) is 29.8 Å². The zero-order valence-corrected chi connectivity index (χ0v) is 21.8. The number of thiophene rings is 1. The molecule has 5 nitrogen and oxygen atoms in total. The van der Waals surface area contributed by atoms with Gasteiger partial charge in [0.1, 0.15) is 5.82 Å². The highest BCUT2D eigenvalue weighted by atomic mass is 127. The zero-order valence-electron chi connectivity index (χ0n) is 18.7. The molecule has 0 bridgehead atoms. The van der Waals surface area contributed by atoms with Crippen LogP contribution in [0.4, 0.5) is 4.39 Å². The van der Waals surface area contributed by atoms with Gasteiger partial charge in [0.05, 0.1) is 0 Å². The number of benzene rings is 1. The van der Waals surface area contributed by atoms with Gasteiger partial charge in [-0.3, -0.25) is 9.89 Å². The average Bonchev–Trinajstić information content (AvgIpc) is 3.26. The van der Waals surface area contributed by atoms with Gasteiger partial charge in [0.2, 0.25) is 0 Å². The first-order valence-electron chi connectivity index (χ1n) is 10.7. The topological polar surface area (TPSA) is 42.9 Å². The van der Waals surface area contributed by atoms with Crippen molar-refractivity contribution in [3.05, 3.63) is 58.0 Å². The Kier molecular flexibility index (Phi) is 11.2. The molecular weight excluding hydrogens is 524 g/mol. The van der Waals surface area contributed by atoms with Crippen molar-refractivity contribution in [1.29, 1.82) is 0 Å². The van der Waals surface area contributed by atoms with Crippen LogP contribution >= 0.6 is 35.3 Å². The van der Waals surface area contributed by atoms with Gasteiger partial charge in [0.25, 0.3) is 0 Å². The number of aliphatic imine (C=N–C) groups is 1. The molecule has 1 aliphatic heterocycles. The summed E-state index contributed by atoms with van der Waals surface area (Å²) in [6.07, 6.45) is 2.47. The van der Waals surface area contributed by atoms with E-state index < -0.39 is 0 Å². The number of nitrogens with zero attached hydrogens (tertiary/aromatic N) is 3.